The third kappa shape index (κ3) is 2.47. The molecule has 0 unspecified atom stereocenters. The van der Waals surface area contributed by atoms with E-state index in [0.717, 1.165) is 4.90 Å². The van der Waals surface area contributed by atoms with Crippen molar-refractivity contribution >= 4 is 17.8 Å². The lowest BCUT2D eigenvalue weighted by atomic mass is 10.4. The van der Waals surface area contributed by atoms with E-state index in [9.17, 15) is 14.4 Å². The Labute approximate surface area is 103 Å². The van der Waals surface area contributed by atoms with Crippen molar-refractivity contribution in [2.75, 3.05) is 20.1 Å². The molecule has 0 aromatic carbocycles. The van der Waals surface area contributed by atoms with Crippen LogP contribution in [0.25, 0.3) is 0 Å². The molecule has 1 aliphatic heterocycles. The predicted octanol–water partition coefficient (Wildman–Crippen LogP) is -1.08. The average Bonchev–Trinajstić information content (AvgIpc) is 2.94. The molecule has 4 amide bonds. The molecule has 1 saturated heterocycles. The van der Waals surface area contributed by atoms with Crippen LogP contribution in [0.1, 0.15) is 5.82 Å². The molecule has 0 aliphatic carbocycles. The highest BCUT2D eigenvalue weighted by Gasteiger charge is 2.30. The summed E-state index contributed by atoms with van der Waals surface area (Å²) in [7, 11) is 1.59. The zero-order valence-electron chi connectivity index (χ0n) is 9.84. The number of likely N-dealkylation sites (N-methyl/N-ethyl adjacent to an activating group) is 1. The fourth-order valence-corrected chi connectivity index (χ4v) is 1.57. The molecule has 1 aliphatic rings. The van der Waals surface area contributed by atoms with Crippen molar-refractivity contribution in [1.29, 1.82) is 0 Å². The molecular formula is C10H13N5O3. The van der Waals surface area contributed by atoms with Gasteiger partial charge in [-0.3, -0.25) is 14.5 Å². The summed E-state index contributed by atoms with van der Waals surface area (Å²) >= 11 is 0. The van der Waals surface area contributed by atoms with Crippen molar-refractivity contribution < 1.29 is 14.4 Å². The average molecular weight is 251 g/mol. The van der Waals surface area contributed by atoms with Crippen molar-refractivity contribution in [2.45, 2.75) is 6.54 Å². The van der Waals surface area contributed by atoms with Crippen LogP contribution in [-0.2, 0) is 16.1 Å². The molecule has 0 atom stereocenters. The molecule has 2 heterocycles. The van der Waals surface area contributed by atoms with Crippen LogP contribution in [0.3, 0.4) is 0 Å². The normalized spacial score (nSPS) is 14.8. The number of urea groups is 1. The molecule has 0 saturated carbocycles. The second-order valence-electron chi connectivity index (χ2n) is 3.92. The molecule has 1 aromatic heterocycles. The van der Waals surface area contributed by atoms with Gasteiger partial charge in [0.15, 0.2) is 0 Å². The van der Waals surface area contributed by atoms with E-state index in [1.807, 2.05) is 0 Å². The van der Waals surface area contributed by atoms with Crippen LogP contribution in [-0.4, -0.2) is 57.8 Å². The minimum absolute atomic E-state index is 0.0476. The number of aromatic nitrogens is 2. The molecule has 0 spiro atoms. The Morgan fingerprint density at radius 2 is 2.33 bits per heavy atom. The van der Waals surface area contributed by atoms with E-state index in [2.05, 4.69) is 15.3 Å². The first-order chi connectivity index (χ1) is 8.58. The van der Waals surface area contributed by atoms with Crippen molar-refractivity contribution in [3.63, 3.8) is 0 Å². The standard InChI is InChI=1S/C10H13N5O3/c1-14(5-7-11-2-3-12-7)9(17)6-15-8(16)4-13-10(15)18/h2-3H,4-6H2,1H3,(H,11,12)(H,13,18). The fraction of sp³-hybridized carbons (Fsp3) is 0.400. The molecular weight excluding hydrogens is 238 g/mol. The molecule has 0 bridgehead atoms. The lowest BCUT2D eigenvalue weighted by Crippen LogP contribution is -2.41. The molecule has 8 nitrogen and oxygen atoms in total. The Bertz CT molecular complexity index is 454. The second-order valence-corrected chi connectivity index (χ2v) is 3.92. The number of hydrogen-bond donors (Lipinski definition) is 2. The smallest absolute Gasteiger partial charge is 0.325 e. The maximum absolute atomic E-state index is 11.8. The van der Waals surface area contributed by atoms with Crippen LogP contribution >= 0.6 is 0 Å². The van der Waals surface area contributed by atoms with Gasteiger partial charge in [-0.2, -0.15) is 0 Å². The Kier molecular flexibility index (Phi) is 3.26. The van der Waals surface area contributed by atoms with E-state index < -0.39 is 6.03 Å². The van der Waals surface area contributed by atoms with E-state index in [-0.39, 0.29) is 24.9 Å². The van der Waals surface area contributed by atoms with Gasteiger partial charge >= 0.3 is 6.03 Å². The molecule has 1 fully saturated rings. The number of hydrogen-bond acceptors (Lipinski definition) is 4. The zero-order valence-corrected chi connectivity index (χ0v) is 9.84. The number of carbonyl (C=O) groups excluding carboxylic acids is 3. The van der Waals surface area contributed by atoms with Gasteiger partial charge in [0.2, 0.25) is 5.91 Å². The fourth-order valence-electron chi connectivity index (χ4n) is 1.57. The third-order valence-corrected chi connectivity index (χ3v) is 2.60. The van der Waals surface area contributed by atoms with E-state index in [0.29, 0.717) is 12.4 Å². The molecule has 1 aromatic rings. The lowest BCUT2D eigenvalue weighted by molar-refractivity contribution is -0.136. The van der Waals surface area contributed by atoms with Crippen LogP contribution in [0.2, 0.25) is 0 Å². The summed E-state index contributed by atoms with van der Waals surface area (Å²) in [6.07, 6.45) is 3.25. The number of aromatic amines is 1. The summed E-state index contributed by atoms with van der Waals surface area (Å²) in [6, 6.07) is -0.528. The van der Waals surface area contributed by atoms with Gasteiger partial charge in [0.25, 0.3) is 5.91 Å². The first-order valence-corrected chi connectivity index (χ1v) is 5.38. The van der Waals surface area contributed by atoms with Crippen molar-refractivity contribution in [1.82, 2.24) is 25.1 Å². The van der Waals surface area contributed by atoms with Crippen LogP contribution in [0.4, 0.5) is 4.79 Å². The van der Waals surface area contributed by atoms with Crippen LogP contribution in [0.15, 0.2) is 12.4 Å². The van der Waals surface area contributed by atoms with Crippen LogP contribution < -0.4 is 5.32 Å². The van der Waals surface area contributed by atoms with Gasteiger partial charge in [-0.15, -0.1) is 0 Å². The Balaban J connectivity index is 1.91. The van der Waals surface area contributed by atoms with Gasteiger partial charge in [-0.05, 0) is 0 Å². The van der Waals surface area contributed by atoms with Crippen LogP contribution in [0, 0.1) is 0 Å². The Hall–Kier alpha value is -2.38. The number of carbonyl (C=O) groups is 3. The van der Waals surface area contributed by atoms with Crippen molar-refractivity contribution in [3.05, 3.63) is 18.2 Å². The Morgan fingerprint density at radius 3 is 2.89 bits per heavy atom. The first-order valence-electron chi connectivity index (χ1n) is 5.38. The molecule has 8 heteroatoms. The zero-order chi connectivity index (χ0) is 13.1. The van der Waals surface area contributed by atoms with E-state index in [1.165, 1.54) is 4.90 Å². The number of imidazole rings is 1. The molecule has 0 radical (unpaired) electrons. The van der Waals surface area contributed by atoms with E-state index in [1.54, 1.807) is 19.4 Å². The lowest BCUT2D eigenvalue weighted by Gasteiger charge is -2.19. The SMILES string of the molecule is CN(Cc1ncc[nH]1)C(=O)CN1C(=O)CNC1=O. The number of imide groups is 1. The summed E-state index contributed by atoms with van der Waals surface area (Å²) in [5.74, 6) is -0.0698. The van der Waals surface area contributed by atoms with Gasteiger partial charge in [0, 0.05) is 19.4 Å². The largest absolute Gasteiger partial charge is 0.347 e. The highest BCUT2D eigenvalue weighted by molar-refractivity contribution is 6.04. The number of amides is 4. The molecule has 96 valence electrons. The first kappa shape index (κ1) is 12.1. The highest BCUT2D eigenvalue weighted by atomic mass is 16.2. The minimum atomic E-state index is -0.528. The molecule has 2 N–H and O–H groups in total. The molecule has 18 heavy (non-hydrogen) atoms. The van der Waals surface area contributed by atoms with Gasteiger partial charge in [0.05, 0.1) is 13.1 Å². The minimum Gasteiger partial charge on any atom is -0.347 e. The maximum Gasteiger partial charge on any atom is 0.325 e. The van der Waals surface area contributed by atoms with Crippen LogP contribution in [0.5, 0.6) is 0 Å². The summed E-state index contributed by atoms with van der Waals surface area (Å²) in [6.45, 7) is 0.00533. The van der Waals surface area contributed by atoms with E-state index >= 15 is 0 Å². The summed E-state index contributed by atoms with van der Waals surface area (Å²) < 4.78 is 0. The number of nitrogens with zero attached hydrogens (tertiary/aromatic N) is 3. The second kappa shape index (κ2) is 4.86. The number of nitrogens with one attached hydrogen (secondary N) is 2. The Morgan fingerprint density at radius 1 is 1.56 bits per heavy atom. The van der Waals surface area contributed by atoms with Gasteiger partial charge in [-0.1, -0.05) is 0 Å². The summed E-state index contributed by atoms with van der Waals surface area (Å²) in [5.41, 5.74) is 0. The van der Waals surface area contributed by atoms with Gasteiger partial charge in [-0.25, -0.2) is 9.78 Å². The van der Waals surface area contributed by atoms with E-state index in [4.69, 9.17) is 0 Å². The number of H-pyrrole nitrogens is 1. The van der Waals surface area contributed by atoms with Crippen molar-refractivity contribution in [2.24, 2.45) is 0 Å². The quantitative estimate of drug-likeness (QED) is 0.665. The van der Waals surface area contributed by atoms with Gasteiger partial charge < -0.3 is 15.2 Å². The van der Waals surface area contributed by atoms with Gasteiger partial charge in [0.1, 0.15) is 12.4 Å². The monoisotopic (exact) mass is 251 g/mol. The maximum atomic E-state index is 11.8. The topological polar surface area (TPSA) is 98.4 Å². The van der Waals surface area contributed by atoms with Crippen molar-refractivity contribution in [3.8, 4) is 0 Å². The summed E-state index contributed by atoms with van der Waals surface area (Å²) in [5, 5.41) is 2.36. The summed E-state index contributed by atoms with van der Waals surface area (Å²) in [4.78, 5) is 43.6. The third-order valence-electron chi connectivity index (χ3n) is 2.60. The number of rotatable bonds is 4. The predicted molar refractivity (Wildman–Crippen MR) is 60.2 cm³/mol. The highest BCUT2D eigenvalue weighted by Crippen LogP contribution is 2.02. The molecule has 2 rings (SSSR count).